The van der Waals surface area contributed by atoms with Crippen LogP contribution in [0.4, 0.5) is 11.4 Å². The number of hydrogen-bond donors (Lipinski definition) is 2. The van der Waals surface area contributed by atoms with E-state index < -0.39 is 30.1 Å². The van der Waals surface area contributed by atoms with Crippen LogP contribution in [0.5, 0.6) is 0 Å². The number of benzene rings is 3. The number of nitrogens with zero attached hydrogens (tertiary/aromatic N) is 13. The van der Waals surface area contributed by atoms with Crippen LogP contribution in [0.1, 0.15) is 60.9 Å². The predicted octanol–water partition coefficient (Wildman–Crippen LogP) is 9.22. The number of aromatic nitrogens is 8. The van der Waals surface area contributed by atoms with E-state index in [0.29, 0.717) is 46.5 Å². The van der Waals surface area contributed by atoms with Crippen LogP contribution >= 0.6 is 11.3 Å². The summed E-state index contributed by atoms with van der Waals surface area (Å²) in [5.74, 6) is -0.0344. The Hall–Kier alpha value is -9.42. The summed E-state index contributed by atoms with van der Waals surface area (Å²) in [6.07, 6.45) is 24.1. The van der Waals surface area contributed by atoms with Crippen molar-refractivity contribution in [2.45, 2.75) is 67.2 Å². The largest absolute Gasteiger partial charge is 0.483 e. The number of amides is 1. The topological polar surface area (TPSA) is 282 Å². The first kappa shape index (κ1) is 68.9. The van der Waals surface area contributed by atoms with E-state index in [-0.39, 0.29) is 28.6 Å². The molecule has 3 aromatic carbocycles. The lowest BCUT2D eigenvalue weighted by Crippen LogP contribution is -2.25. The van der Waals surface area contributed by atoms with Gasteiger partial charge in [0.25, 0.3) is 43.0 Å². The van der Waals surface area contributed by atoms with Crippen LogP contribution in [0.2, 0.25) is 0 Å². The highest BCUT2D eigenvalue weighted by molar-refractivity contribution is 7.90. The zero-order valence-corrected chi connectivity index (χ0v) is 57.8. The SMILES string of the molecule is CC(=O)N1CCc2cc(S(=O)(=O)n3cc(C4=CCN(C)CC4)c4ncccc43)ccc21.CCn1cc(S(=O)(=O)n2cc(C3=CCN(C)CC3)c3cc(-c4nccs4)ccc32)cn1.CN1CC=C(c2cn(S(=O)(=O)c3ccc4c(c3)CCN4C)c3cccnc23)CC1.O=CO.O=CO. The van der Waals surface area contributed by atoms with Gasteiger partial charge in [0, 0.05) is 161 Å². The molecule has 0 spiro atoms. The standard InChI is InChI=1S/C23H24N4O3S.C22H23N5O2S2.C22H24N4O2S.2CH2O2/c1-16(28)26-13-9-18-14-19(5-6-21(18)26)31(29,30)27-15-20(17-7-11-25(2)12-8-17)23-22(27)4-3-10-24-23;1-3-26-14-18(13-24-26)31(28,29)27-15-20(16-6-9-25(2)10-7-16)19-12-17(4-5-21(19)27)22-23-8-11-30-22;1-24-11-7-16(8-12-24)19-15-26(21-4-3-10-23-22(19)21)29(27,28)18-5-6-20-17(14-18)9-13-25(20)2;2*2-1-3/h3-7,10,14-15H,8-9,11-13H2,1-2H3;4-6,8,11-15H,3,7,9-10H2,1-2H3;3-7,10,14-15H,8-9,11-13H2,1-2H3;2*1H,(H,2,3). The molecule has 1 amide bonds. The lowest BCUT2D eigenvalue weighted by molar-refractivity contribution is -0.123. The summed E-state index contributed by atoms with van der Waals surface area (Å²) in [6, 6.07) is 23.5. The Bertz CT molecular complexity index is 5060. The minimum atomic E-state index is -3.82. The fourth-order valence-corrected chi connectivity index (χ4v) is 17.5. The molecule has 10 aromatic rings. The van der Waals surface area contributed by atoms with Crippen molar-refractivity contribution in [3.05, 3.63) is 180 Å². The van der Waals surface area contributed by atoms with Gasteiger partial charge in [-0.2, -0.15) is 5.10 Å². The predicted molar refractivity (Wildman–Crippen MR) is 377 cm³/mol. The maximum absolute atomic E-state index is 13.6. The minimum absolute atomic E-state index is 0.0344. The first-order valence-electron chi connectivity index (χ1n) is 31.4. The van der Waals surface area contributed by atoms with Crippen molar-refractivity contribution in [2.75, 3.05) is 90.3 Å². The molecule has 28 heteroatoms. The van der Waals surface area contributed by atoms with E-state index in [2.05, 4.69) is 85.1 Å². The van der Waals surface area contributed by atoms with Crippen LogP contribution in [0.25, 0.3) is 60.3 Å². The Balaban J connectivity index is 0.000000142. The molecule has 5 aliphatic heterocycles. The van der Waals surface area contributed by atoms with E-state index in [1.807, 2.05) is 49.7 Å². The van der Waals surface area contributed by atoms with E-state index in [9.17, 15) is 30.0 Å². The second-order valence-corrected chi connectivity index (χ2v) is 30.3. The maximum Gasteiger partial charge on any atom is 0.290 e. The minimum Gasteiger partial charge on any atom is -0.483 e. The van der Waals surface area contributed by atoms with Crippen molar-refractivity contribution in [2.24, 2.45) is 0 Å². The second-order valence-electron chi connectivity index (χ2n) is 24.0. The van der Waals surface area contributed by atoms with Crippen LogP contribution in [0, 0.1) is 0 Å². The average Bonchev–Trinajstić information content (AvgIpc) is 1.62. The van der Waals surface area contributed by atoms with E-state index in [1.54, 1.807) is 107 Å². The number of aryl methyl sites for hydroxylation is 1. The average molecular weight is 1390 g/mol. The lowest BCUT2D eigenvalue weighted by Gasteiger charge is -2.21. The monoisotopic (exact) mass is 1390 g/mol. The number of rotatable bonds is 11. The van der Waals surface area contributed by atoms with E-state index in [1.165, 1.54) is 30.6 Å². The molecule has 0 saturated heterocycles. The third-order valence-corrected chi connectivity index (χ3v) is 23.7. The Kier molecular flexibility index (Phi) is 20.7. The fraction of sp³-hybridized carbons (Fsp3) is 0.290. The van der Waals surface area contributed by atoms with Crippen LogP contribution in [0.3, 0.4) is 0 Å². The van der Waals surface area contributed by atoms with Crippen molar-refractivity contribution in [1.82, 2.24) is 51.3 Å². The number of hydrogen-bond acceptors (Lipinski definition) is 18. The van der Waals surface area contributed by atoms with E-state index >= 15 is 0 Å². The van der Waals surface area contributed by atoms with Gasteiger partial charge in [0.2, 0.25) is 5.91 Å². The first-order chi connectivity index (χ1) is 46.6. The summed E-state index contributed by atoms with van der Waals surface area (Å²) in [5.41, 5.74) is 14.4. The summed E-state index contributed by atoms with van der Waals surface area (Å²) >= 11 is 1.57. The third kappa shape index (κ3) is 14.1. The molecular formula is C69H75N13O11S4. The molecule has 0 bridgehead atoms. The fourth-order valence-electron chi connectivity index (χ4n) is 12.7. The molecule has 24 nitrogen and oxygen atoms in total. The van der Waals surface area contributed by atoms with Gasteiger partial charge in [-0.1, -0.05) is 18.2 Å². The van der Waals surface area contributed by atoms with Gasteiger partial charge in [0.1, 0.15) is 9.90 Å². The van der Waals surface area contributed by atoms with Gasteiger partial charge in [-0.05, 0) is 167 Å². The number of fused-ring (bicyclic) bond motifs is 5. The van der Waals surface area contributed by atoms with Gasteiger partial charge in [0.05, 0.1) is 43.6 Å². The summed E-state index contributed by atoms with van der Waals surface area (Å²) in [4.78, 5) is 53.3. The summed E-state index contributed by atoms with van der Waals surface area (Å²) in [6.45, 7) is 10.4. The number of carbonyl (C=O) groups is 3. The van der Waals surface area contributed by atoms with Gasteiger partial charge in [-0.15, -0.1) is 11.3 Å². The number of likely N-dealkylation sites (N-methyl/N-ethyl adjacent to an activating group) is 4. The number of thiazole rings is 1. The van der Waals surface area contributed by atoms with Crippen molar-refractivity contribution < 1.29 is 49.9 Å². The van der Waals surface area contributed by atoms with Crippen LogP contribution in [-0.2, 0) is 63.8 Å². The molecule has 2 N–H and O–H groups in total. The van der Waals surface area contributed by atoms with Gasteiger partial charge in [-0.3, -0.25) is 29.0 Å². The van der Waals surface area contributed by atoms with Crippen LogP contribution in [0.15, 0.2) is 167 Å². The molecule has 12 heterocycles. The normalized spacial score (nSPS) is 15.9. The third-order valence-electron chi connectivity index (χ3n) is 17.9. The zero-order valence-electron chi connectivity index (χ0n) is 54.5. The quantitative estimate of drug-likeness (QED) is 0.114. The molecule has 0 atom stereocenters. The molecule has 0 radical (unpaired) electrons. The van der Waals surface area contributed by atoms with Gasteiger partial charge >= 0.3 is 0 Å². The molecule has 97 heavy (non-hydrogen) atoms. The highest BCUT2D eigenvalue weighted by Gasteiger charge is 2.31. The molecule has 5 aliphatic rings. The number of carboxylic acid groups (broad SMARTS) is 2. The molecule has 0 unspecified atom stereocenters. The number of carbonyl (C=O) groups excluding carboxylic acids is 1. The van der Waals surface area contributed by atoms with Crippen LogP contribution < -0.4 is 9.80 Å². The highest BCUT2D eigenvalue weighted by Crippen LogP contribution is 2.39. The van der Waals surface area contributed by atoms with Crippen molar-refractivity contribution >= 4 is 121 Å². The Morgan fingerprint density at radius 1 is 0.546 bits per heavy atom. The molecule has 0 fully saturated rings. The molecular weight excluding hydrogens is 1320 g/mol. The van der Waals surface area contributed by atoms with Gasteiger partial charge < -0.3 is 34.7 Å². The summed E-state index contributed by atoms with van der Waals surface area (Å²) < 4.78 is 87.2. The van der Waals surface area contributed by atoms with Gasteiger partial charge in [-0.25, -0.2) is 42.2 Å². The van der Waals surface area contributed by atoms with Crippen molar-refractivity contribution in [1.29, 1.82) is 0 Å². The Morgan fingerprint density at radius 3 is 1.52 bits per heavy atom. The molecule has 0 aliphatic carbocycles. The zero-order chi connectivity index (χ0) is 68.9. The highest BCUT2D eigenvalue weighted by atomic mass is 32.2. The van der Waals surface area contributed by atoms with E-state index in [0.717, 1.165) is 143 Å². The summed E-state index contributed by atoms with van der Waals surface area (Å²) in [7, 11) is -3.02. The van der Waals surface area contributed by atoms with Crippen LogP contribution in [-0.4, -0.2) is 186 Å². The van der Waals surface area contributed by atoms with Gasteiger partial charge in [0.15, 0.2) is 0 Å². The molecule has 506 valence electrons. The Morgan fingerprint density at radius 2 is 1.03 bits per heavy atom. The number of pyridine rings is 2. The molecule has 15 rings (SSSR count). The summed E-state index contributed by atoms with van der Waals surface area (Å²) in [5, 5.41) is 21.7. The molecule has 7 aromatic heterocycles. The van der Waals surface area contributed by atoms with Crippen molar-refractivity contribution in [3.63, 3.8) is 0 Å². The van der Waals surface area contributed by atoms with Crippen molar-refractivity contribution in [3.8, 4) is 10.6 Å². The smallest absolute Gasteiger partial charge is 0.290 e. The number of anilines is 2. The second kappa shape index (κ2) is 29.1. The lowest BCUT2D eigenvalue weighted by atomic mass is 9.98. The van der Waals surface area contributed by atoms with E-state index in [4.69, 9.17) is 19.8 Å². The maximum atomic E-state index is 13.6. The molecule has 0 saturated carbocycles. The first-order valence-corrected chi connectivity index (χ1v) is 36.6. The Labute approximate surface area is 567 Å².